The second-order valence-corrected chi connectivity index (χ2v) is 5.09. The van der Waals surface area contributed by atoms with Crippen LogP contribution < -0.4 is 15.2 Å². The van der Waals surface area contributed by atoms with Crippen LogP contribution in [0.2, 0.25) is 0 Å². The number of halogens is 1. The molecule has 0 aliphatic rings. The highest BCUT2D eigenvalue weighted by molar-refractivity contribution is 9.10. The highest BCUT2D eigenvalue weighted by Gasteiger charge is 2.00. The number of anilines is 1. The molecule has 4 heteroatoms. The molecule has 0 atom stereocenters. The second-order valence-electron chi connectivity index (χ2n) is 4.18. The van der Waals surface area contributed by atoms with E-state index in [1.54, 1.807) is 6.07 Å². The Bertz CT molecular complexity index is 558. The number of aryl methyl sites for hydroxylation is 1. The van der Waals surface area contributed by atoms with E-state index >= 15 is 0 Å². The maximum atomic E-state index is 5.67. The van der Waals surface area contributed by atoms with Gasteiger partial charge >= 0.3 is 0 Å². The molecule has 0 unspecified atom stereocenters. The van der Waals surface area contributed by atoms with Crippen molar-refractivity contribution in [2.45, 2.75) is 6.92 Å². The molecule has 19 heavy (non-hydrogen) atoms. The van der Waals surface area contributed by atoms with Crippen molar-refractivity contribution < 1.29 is 9.47 Å². The lowest BCUT2D eigenvalue weighted by Crippen LogP contribution is -2.09. The molecular weight excluding hydrogens is 306 g/mol. The minimum atomic E-state index is 0.485. The number of hydrogen-bond donors (Lipinski definition) is 1. The van der Waals surface area contributed by atoms with Crippen molar-refractivity contribution in [2.24, 2.45) is 0 Å². The molecule has 0 radical (unpaired) electrons. The van der Waals surface area contributed by atoms with E-state index in [2.05, 4.69) is 15.9 Å². The van der Waals surface area contributed by atoms with Crippen LogP contribution in [0.4, 0.5) is 5.69 Å². The molecule has 2 N–H and O–H groups in total. The molecule has 100 valence electrons. The number of ether oxygens (including phenoxy) is 2. The average molecular weight is 322 g/mol. The number of hydrogen-bond acceptors (Lipinski definition) is 3. The molecule has 0 heterocycles. The molecule has 0 aliphatic heterocycles. The van der Waals surface area contributed by atoms with Crippen molar-refractivity contribution in [2.75, 3.05) is 18.9 Å². The van der Waals surface area contributed by atoms with Crippen molar-refractivity contribution in [3.8, 4) is 11.5 Å². The largest absolute Gasteiger partial charge is 0.490 e. The quantitative estimate of drug-likeness (QED) is 0.673. The van der Waals surface area contributed by atoms with Gasteiger partial charge in [0, 0.05) is 16.2 Å². The lowest BCUT2D eigenvalue weighted by Gasteiger charge is -2.10. The van der Waals surface area contributed by atoms with Crippen LogP contribution in [0, 0.1) is 6.92 Å². The Hall–Kier alpha value is -1.68. The molecular formula is C15H16BrNO2. The summed E-state index contributed by atoms with van der Waals surface area (Å²) in [6.07, 6.45) is 0. The highest BCUT2D eigenvalue weighted by atomic mass is 79.9. The fourth-order valence-corrected chi connectivity index (χ4v) is 2.17. The van der Waals surface area contributed by atoms with Crippen LogP contribution in [0.15, 0.2) is 46.9 Å². The van der Waals surface area contributed by atoms with E-state index in [9.17, 15) is 0 Å². The van der Waals surface area contributed by atoms with Gasteiger partial charge in [-0.1, -0.05) is 22.0 Å². The normalized spacial score (nSPS) is 10.2. The maximum absolute atomic E-state index is 5.67. The summed E-state index contributed by atoms with van der Waals surface area (Å²) in [7, 11) is 0. The standard InChI is InChI=1S/C15H16BrNO2/c1-11-9-12(16)5-6-15(11)19-8-7-18-14-4-2-3-13(17)10-14/h2-6,9-10H,7-8,17H2,1H3. The zero-order chi connectivity index (χ0) is 13.7. The number of nitrogen functional groups attached to an aromatic ring is 1. The number of benzene rings is 2. The Labute approximate surface area is 121 Å². The topological polar surface area (TPSA) is 44.5 Å². The van der Waals surface area contributed by atoms with Gasteiger partial charge in [0.25, 0.3) is 0 Å². The third-order valence-electron chi connectivity index (χ3n) is 2.60. The summed E-state index contributed by atoms with van der Waals surface area (Å²) in [6, 6.07) is 13.3. The Morgan fingerprint density at radius 1 is 1.05 bits per heavy atom. The zero-order valence-corrected chi connectivity index (χ0v) is 12.3. The molecule has 2 aromatic rings. The molecule has 2 rings (SSSR count). The van der Waals surface area contributed by atoms with E-state index in [1.165, 1.54) is 0 Å². The van der Waals surface area contributed by atoms with E-state index < -0.39 is 0 Å². The van der Waals surface area contributed by atoms with E-state index in [-0.39, 0.29) is 0 Å². The predicted molar refractivity (Wildman–Crippen MR) is 80.7 cm³/mol. The van der Waals surface area contributed by atoms with Crippen molar-refractivity contribution in [1.82, 2.24) is 0 Å². The molecule has 0 aliphatic carbocycles. The average Bonchev–Trinajstić information content (AvgIpc) is 2.37. The van der Waals surface area contributed by atoms with Crippen LogP contribution >= 0.6 is 15.9 Å². The van der Waals surface area contributed by atoms with Crippen LogP contribution in [0.1, 0.15) is 5.56 Å². The van der Waals surface area contributed by atoms with Gasteiger partial charge in [-0.3, -0.25) is 0 Å². The first-order valence-corrected chi connectivity index (χ1v) is 6.82. The third-order valence-corrected chi connectivity index (χ3v) is 3.10. The van der Waals surface area contributed by atoms with Gasteiger partial charge < -0.3 is 15.2 Å². The first-order valence-electron chi connectivity index (χ1n) is 6.02. The highest BCUT2D eigenvalue weighted by Crippen LogP contribution is 2.22. The first kappa shape index (κ1) is 13.7. The predicted octanol–water partition coefficient (Wildman–Crippen LogP) is 3.80. The Kier molecular flexibility index (Phi) is 4.68. The van der Waals surface area contributed by atoms with Gasteiger partial charge in [-0.2, -0.15) is 0 Å². The summed E-state index contributed by atoms with van der Waals surface area (Å²) in [5.74, 6) is 1.63. The van der Waals surface area contributed by atoms with Crippen LogP contribution in [0.5, 0.6) is 11.5 Å². The van der Waals surface area contributed by atoms with Crippen LogP contribution in [-0.2, 0) is 0 Å². The van der Waals surface area contributed by atoms with Crippen molar-refractivity contribution in [3.63, 3.8) is 0 Å². The molecule has 0 saturated carbocycles. The van der Waals surface area contributed by atoms with E-state index in [4.69, 9.17) is 15.2 Å². The minimum Gasteiger partial charge on any atom is -0.490 e. The molecule has 0 amide bonds. The summed E-state index contributed by atoms with van der Waals surface area (Å²) >= 11 is 3.42. The summed E-state index contributed by atoms with van der Waals surface area (Å²) in [6.45, 7) is 3.00. The summed E-state index contributed by atoms with van der Waals surface area (Å²) in [4.78, 5) is 0. The fraction of sp³-hybridized carbons (Fsp3) is 0.200. The molecule has 0 spiro atoms. The van der Waals surface area contributed by atoms with Gasteiger partial charge in [-0.15, -0.1) is 0 Å². The van der Waals surface area contributed by atoms with Gasteiger partial charge in [0.2, 0.25) is 0 Å². The fourth-order valence-electron chi connectivity index (χ4n) is 1.69. The van der Waals surface area contributed by atoms with Crippen molar-refractivity contribution in [1.29, 1.82) is 0 Å². The Balaban J connectivity index is 1.81. The lowest BCUT2D eigenvalue weighted by molar-refractivity contribution is 0.216. The monoisotopic (exact) mass is 321 g/mol. The van der Waals surface area contributed by atoms with E-state index in [0.717, 1.165) is 21.5 Å². The van der Waals surface area contributed by atoms with Crippen molar-refractivity contribution >= 4 is 21.6 Å². The minimum absolute atomic E-state index is 0.485. The molecule has 0 saturated heterocycles. The van der Waals surface area contributed by atoms with Gasteiger partial charge in [0.05, 0.1) is 0 Å². The molecule has 2 aromatic carbocycles. The molecule has 0 aromatic heterocycles. The lowest BCUT2D eigenvalue weighted by atomic mass is 10.2. The van der Waals surface area contributed by atoms with Crippen LogP contribution in [0.3, 0.4) is 0 Å². The summed E-state index contributed by atoms with van der Waals surface area (Å²) in [5.41, 5.74) is 7.46. The smallest absolute Gasteiger partial charge is 0.122 e. The van der Waals surface area contributed by atoms with Gasteiger partial charge in [-0.25, -0.2) is 0 Å². The Morgan fingerprint density at radius 3 is 2.58 bits per heavy atom. The third kappa shape index (κ3) is 4.17. The number of nitrogens with two attached hydrogens (primary N) is 1. The Morgan fingerprint density at radius 2 is 1.84 bits per heavy atom. The molecule has 3 nitrogen and oxygen atoms in total. The van der Waals surface area contributed by atoms with Gasteiger partial charge in [-0.05, 0) is 42.8 Å². The maximum Gasteiger partial charge on any atom is 0.122 e. The van der Waals surface area contributed by atoms with Gasteiger partial charge in [0.1, 0.15) is 24.7 Å². The zero-order valence-electron chi connectivity index (χ0n) is 10.7. The second kappa shape index (κ2) is 6.48. The van der Waals surface area contributed by atoms with E-state index in [1.807, 2.05) is 43.3 Å². The van der Waals surface area contributed by atoms with Crippen molar-refractivity contribution in [3.05, 3.63) is 52.5 Å². The summed E-state index contributed by atoms with van der Waals surface area (Å²) in [5, 5.41) is 0. The summed E-state index contributed by atoms with van der Waals surface area (Å²) < 4.78 is 12.3. The number of rotatable bonds is 5. The SMILES string of the molecule is Cc1cc(Br)ccc1OCCOc1cccc(N)c1. The van der Waals surface area contributed by atoms with Gasteiger partial charge in [0.15, 0.2) is 0 Å². The molecule has 0 bridgehead atoms. The van der Waals surface area contributed by atoms with Crippen LogP contribution in [-0.4, -0.2) is 13.2 Å². The first-order chi connectivity index (χ1) is 9.15. The van der Waals surface area contributed by atoms with E-state index in [0.29, 0.717) is 18.9 Å². The molecule has 0 fully saturated rings. The van der Waals surface area contributed by atoms with Crippen LogP contribution in [0.25, 0.3) is 0 Å².